The van der Waals surface area contributed by atoms with Gasteiger partial charge in [0, 0.05) is 74.4 Å². The number of esters is 1. The first kappa shape index (κ1) is 53.2. The van der Waals surface area contributed by atoms with Gasteiger partial charge in [-0.3, -0.25) is 14.5 Å². The zero-order chi connectivity index (χ0) is 49.1. The van der Waals surface area contributed by atoms with Crippen LogP contribution in [0.3, 0.4) is 0 Å². The first-order valence-electron chi connectivity index (χ1n) is 23.9. The lowest BCUT2D eigenvalue weighted by Crippen LogP contribution is -2.59. The summed E-state index contributed by atoms with van der Waals surface area (Å²) in [6.45, 7) is 17.0. The third-order valence-corrected chi connectivity index (χ3v) is 16.4. The van der Waals surface area contributed by atoms with Gasteiger partial charge in [0.05, 0.1) is 29.8 Å². The molecule has 6 rings (SSSR count). The second kappa shape index (κ2) is 22.3. The van der Waals surface area contributed by atoms with E-state index >= 15 is 0 Å². The van der Waals surface area contributed by atoms with Crippen molar-refractivity contribution in [1.82, 2.24) is 15.1 Å². The summed E-state index contributed by atoms with van der Waals surface area (Å²) < 4.78 is 18.6. The molecule has 6 N–H and O–H groups in total. The van der Waals surface area contributed by atoms with Crippen LogP contribution in [0.5, 0.6) is 0 Å². The van der Waals surface area contributed by atoms with Crippen LogP contribution in [-0.4, -0.2) is 147 Å². The van der Waals surface area contributed by atoms with Gasteiger partial charge in [-0.15, -0.1) is 11.3 Å². The van der Waals surface area contributed by atoms with E-state index in [1.165, 1.54) is 45.2 Å². The van der Waals surface area contributed by atoms with Crippen molar-refractivity contribution in [2.75, 3.05) is 33.7 Å². The number of likely N-dealkylation sites (N-methyl/N-ethyl adjacent to an activating group) is 1. The Morgan fingerprint density at radius 2 is 1.69 bits per heavy atom. The summed E-state index contributed by atoms with van der Waals surface area (Å²) in [6, 6.07) is 16.2. The van der Waals surface area contributed by atoms with Crippen molar-refractivity contribution in [3.05, 3.63) is 65.0 Å². The number of cyclic esters (lactones) is 1. The number of ether oxygens (including phenoxy) is 3. The Morgan fingerprint density at radius 1 is 0.985 bits per heavy atom. The molecule has 1 aromatic heterocycles. The van der Waals surface area contributed by atoms with Crippen molar-refractivity contribution in [2.45, 2.75) is 164 Å². The number of aliphatic hydroxyl groups excluding tert-OH is 3. The summed E-state index contributed by atoms with van der Waals surface area (Å²) in [5, 5.41) is 62.5. The van der Waals surface area contributed by atoms with Crippen molar-refractivity contribution >= 4 is 41.1 Å². The van der Waals surface area contributed by atoms with Crippen LogP contribution in [-0.2, 0) is 23.8 Å². The van der Waals surface area contributed by atoms with Gasteiger partial charge in [0.25, 0.3) is 0 Å². The summed E-state index contributed by atoms with van der Waals surface area (Å²) in [5.41, 5.74) is 1.20. The van der Waals surface area contributed by atoms with E-state index < -0.39 is 71.9 Å². The van der Waals surface area contributed by atoms with Crippen LogP contribution in [0.1, 0.15) is 91.5 Å². The summed E-state index contributed by atoms with van der Waals surface area (Å²) in [4.78, 5) is 35.5. The van der Waals surface area contributed by atoms with E-state index in [1.807, 2.05) is 50.7 Å². The molecule has 67 heavy (non-hydrogen) atoms. The summed E-state index contributed by atoms with van der Waals surface area (Å²) in [7, 11) is 3.74. The number of hydrogen-bond acceptors (Lipinski definition) is 14. The van der Waals surface area contributed by atoms with Crippen LogP contribution in [0, 0.1) is 24.7 Å². The Balaban J connectivity index is 1.19. The zero-order valence-corrected chi connectivity index (χ0v) is 42.8. The average molecular weight is 966 g/mol. The number of rotatable bonds is 10. The van der Waals surface area contributed by atoms with Gasteiger partial charge in [0.2, 0.25) is 5.91 Å². The molecule has 3 aromatic rings. The summed E-state index contributed by atoms with van der Waals surface area (Å²) in [6.07, 6.45) is -2.59. The number of thiophene rings is 1. The fourth-order valence-electron chi connectivity index (χ4n) is 10.3. The predicted molar refractivity (Wildman–Crippen MR) is 265 cm³/mol. The Hall–Kier alpha value is -3.19. The van der Waals surface area contributed by atoms with Gasteiger partial charge in [-0.25, -0.2) is 0 Å². The maximum atomic E-state index is 13.8. The lowest BCUT2D eigenvalue weighted by Gasteiger charge is -2.46. The number of hydrogen-bond donors (Lipinski definition) is 6. The number of nitrogens with one attached hydrogen (secondary N) is 1. The molecule has 2 aromatic carbocycles. The van der Waals surface area contributed by atoms with Crippen LogP contribution in [0.25, 0.3) is 27.6 Å². The lowest BCUT2D eigenvalue weighted by atomic mass is 9.78. The van der Waals surface area contributed by atoms with Crippen molar-refractivity contribution in [3.8, 4) is 21.6 Å². The molecule has 3 aliphatic heterocycles. The Morgan fingerprint density at radius 3 is 2.39 bits per heavy atom. The number of carbonyl (C=O) groups is 2. The first-order chi connectivity index (χ1) is 31.5. The highest BCUT2D eigenvalue weighted by Gasteiger charge is 2.50. The minimum Gasteiger partial charge on any atom is -0.459 e. The molecule has 2 saturated heterocycles. The summed E-state index contributed by atoms with van der Waals surface area (Å²) in [5.74, 6) is -3.21. The number of aryl methyl sites for hydroxylation is 1. The number of nitrogens with zero attached hydrogens (tertiary/aromatic N) is 2. The third-order valence-electron chi connectivity index (χ3n) is 14.1. The van der Waals surface area contributed by atoms with Crippen molar-refractivity contribution in [2.24, 2.45) is 17.8 Å². The molecule has 0 radical (unpaired) electrons. The average Bonchev–Trinajstić information content (AvgIpc) is 3.66. The molecule has 0 bridgehead atoms. The minimum absolute atomic E-state index is 0.166. The van der Waals surface area contributed by atoms with Crippen LogP contribution in [0.4, 0.5) is 0 Å². The van der Waals surface area contributed by atoms with Gasteiger partial charge >= 0.3 is 5.97 Å². The Kier molecular flexibility index (Phi) is 17.7. The second-order valence-corrected chi connectivity index (χ2v) is 22.3. The molecule has 0 unspecified atom stereocenters. The molecular formula is C52H75N3O10S2. The Labute approximate surface area is 405 Å². The molecule has 1 amide bonds. The molecule has 13 nitrogen and oxygen atoms in total. The van der Waals surface area contributed by atoms with Crippen LogP contribution in [0.2, 0.25) is 0 Å². The van der Waals surface area contributed by atoms with Crippen molar-refractivity contribution in [3.63, 3.8) is 0 Å². The maximum Gasteiger partial charge on any atom is 0.311 e. The number of benzene rings is 2. The Bertz CT molecular complexity index is 2200. The number of fused-ring (bicyclic) bond motifs is 5. The van der Waals surface area contributed by atoms with Crippen molar-refractivity contribution < 1.29 is 49.3 Å². The molecule has 0 spiro atoms. The molecular weight excluding hydrogens is 891 g/mol. The van der Waals surface area contributed by atoms with Gasteiger partial charge in [0.15, 0.2) is 6.29 Å². The van der Waals surface area contributed by atoms with Crippen LogP contribution in [0.15, 0.2) is 64.4 Å². The number of carbonyl (C=O) groups excluding carboxylic acids is 2. The van der Waals surface area contributed by atoms with Gasteiger partial charge < -0.3 is 50.0 Å². The molecule has 14 atom stereocenters. The zero-order valence-electron chi connectivity index (χ0n) is 41.1. The smallest absolute Gasteiger partial charge is 0.311 e. The predicted octanol–water partition coefficient (Wildman–Crippen LogP) is 6.73. The van der Waals surface area contributed by atoms with E-state index in [4.69, 9.17) is 14.2 Å². The molecule has 0 aliphatic carbocycles. The fraction of sp³-hybridized carbons (Fsp3) is 0.615. The highest BCUT2D eigenvalue weighted by molar-refractivity contribution is 7.99. The normalized spacial score (nSPS) is 34.6. The van der Waals surface area contributed by atoms with Gasteiger partial charge in [-0.1, -0.05) is 62.4 Å². The largest absolute Gasteiger partial charge is 0.459 e. The van der Waals surface area contributed by atoms with E-state index in [9.17, 15) is 35.1 Å². The van der Waals surface area contributed by atoms with Gasteiger partial charge in [-0.2, -0.15) is 0 Å². The van der Waals surface area contributed by atoms with Gasteiger partial charge in [-0.05, 0) is 123 Å². The molecule has 0 saturated carbocycles. The van der Waals surface area contributed by atoms with Crippen LogP contribution < -0.4 is 5.32 Å². The molecule has 4 heterocycles. The van der Waals surface area contributed by atoms with Gasteiger partial charge in [0.1, 0.15) is 23.9 Å². The first-order valence-corrected chi connectivity index (χ1v) is 25.6. The molecule has 370 valence electrons. The van der Waals surface area contributed by atoms with E-state index in [0.29, 0.717) is 32.5 Å². The number of aliphatic hydroxyl groups is 5. The van der Waals surface area contributed by atoms with E-state index in [0.717, 1.165) is 10.4 Å². The third kappa shape index (κ3) is 12.2. The summed E-state index contributed by atoms with van der Waals surface area (Å²) >= 11 is 3.44. The number of amides is 1. The quantitative estimate of drug-likeness (QED) is 0.0560. The topological polar surface area (TPSA) is 181 Å². The molecule has 15 heteroatoms. The standard InChI is InChI=1S/C52H75N3O10S2/c1-12-42-52(9,62)47(59)34(7)55(23-15-22-53-43(56)21-19-35-26-37-36-16-13-14-17-40(36)67-41-20-18-29(2)24-38(41)46(37)66-35)28-30(3)27-51(8,61)48(32(5)44(57)33(6)49(60)64-42)65-50-45(58)39(54(10)11)25-31(4)63-50/h13-14,16-21,24,26,30-34,39,42,44-45,47-48,50,57-59,61-62H,12,15,22-23,25,27-28H2,1-11H3,(H,53,56)/b21-19+/t30-,31-,32+,33-,34-,39+,42-,44+,45-,47-,48-,50+,51-,52-/m1/s1. The second-order valence-electron chi connectivity index (χ2n) is 20.1. The maximum absolute atomic E-state index is 13.8. The highest BCUT2D eigenvalue weighted by Crippen LogP contribution is 2.51. The van der Waals surface area contributed by atoms with Crippen molar-refractivity contribution in [1.29, 1.82) is 0 Å². The molecule has 2 fully saturated rings. The fourth-order valence-corrected chi connectivity index (χ4v) is 12.6. The lowest BCUT2D eigenvalue weighted by molar-refractivity contribution is -0.299. The highest BCUT2D eigenvalue weighted by atomic mass is 32.2. The molecule has 3 aliphatic rings. The monoisotopic (exact) mass is 965 g/mol. The van der Waals surface area contributed by atoms with Crippen LogP contribution >= 0.6 is 23.1 Å². The minimum atomic E-state index is -1.88. The van der Waals surface area contributed by atoms with E-state index in [2.05, 4.69) is 60.8 Å². The van der Waals surface area contributed by atoms with E-state index in [-0.39, 0.29) is 36.8 Å². The SMILES string of the molecule is CC[C@H]1OC(=O)[C@H](C)[C@@H](O)[C@H](C)[C@@H](O[C@@H]2O[C@H](C)C[C@H](N(C)C)[C@H]2O)[C@](C)(O)C[C@@H](C)CN(CCCNC(=O)/C=C/c2cc3c(s2)-c2cc(C)ccc2Sc2ccccc2-3)[C@H](C)[C@@H](O)[C@]1(C)O. The van der Waals surface area contributed by atoms with E-state index in [1.54, 1.807) is 49.9 Å².